The van der Waals surface area contributed by atoms with Crippen molar-refractivity contribution < 1.29 is 9.53 Å². The zero-order chi connectivity index (χ0) is 12.0. The lowest BCUT2D eigenvalue weighted by Crippen LogP contribution is -2.19. The number of nitrogens with one attached hydrogen (secondary N) is 1. The number of amides is 1. The van der Waals surface area contributed by atoms with E-state index < -0.39 is 6.09 Å². The van der Waals surface area contributed by atoms with Gasteiger partial charge < -0.3 is 4.74 Å². The van der Waals surface area contributed by atoms with E-state index in [9.17, 15) is 4.79 Å². The van der Waals surface area contributed by atoms with Crippen LogP contribution in [0.2, 0.25) is 0 Å². The summed E-state index contributed by atoms with van der Waals surface area (Å²) in [7, 11) is 0. The first-order chi connectivity index (χ1) is 7.63. The van der Waals surface area contributed by atoms with E-state index in [0.29, 0.717) is 5.56 Å². The van der Waals surface area contributed by atoms with Crippen LogP contribution in [0.3, 0.4) is 0 Å². The van der Waals surface area contributed by atoms with E-state index in [4.69, 9.17) is 11.6 Å². The van der Waals surface area contributed by atoms with E-state index in [1.54, 1.807) is 19.1 Å². The minimum absolute atomic E-state index is 0.195. The van der Waals surface area contributed by atoms with Gasteiger partial charge in [0.2, 0.25) is 0 Å². The summed E-state index contributed by atoms with van der Waals surface area (Å²) in [6.07, 6.45) is -0.627. The molecular formula is C10H10BrClN2O2. The molecule has 0 aliphatic carbocycles. The molecule has 4 nitrogen and oxygen atoms in total. The highest BCUT2D eigenvalue weighted by Gasteiger charge is 2.02. The summed E-state index contributed by atoms with van der Waals surface area (Å²) >= 11 is 9.17. The van der Waals surface area contributed by atoms with Gasteiger partial charge in [-0.1, -0.05) is 39.7 Å². The van der Waals surface area contributed by atoms with Gasteiger partial charge in [0.25, 0.3) is 0 Å². The first-order valence-electron chi connectivity index (χ1n) is 4.55. The molecule has 0 aliphatic rings. The molecule has 1 amide bonds. The van der Waals surface area contributed by atoms with E-state index in [-0.39, 0.29) is 11.8 Å². The number of rotatable bonds is 3. The molecule has 1 N–H and O–H groups in total. The van der Waals surface area contributed by atoms with Crippen molar-refractivity contribution in [3.63, 3.8) is 0 Å². The van der Waals surface area contributed by atoms with Crippen LogP contribution in [0.5, 0.6) is 0 Å². The monoisotopic (exact) mass is 304 g/mol. The highest BCUT2D eigenvalue weighted by molar-refractivity contribution is 9.10. The van der Waals surface area contributed by atoms with E-state index >= 15 is 0 Å². The second kappa shape index (κ2) is 6.50. The Morgan fingerprint density at radius 3 is 2.69 bits per heavy atom. The maximum Gasteiger partial charge on any atom is 0.427 e. The molecule has 6 heteroatoms. The van der Waals surface area contributed by atoms with Crippen molar-refractivity contribution in [1.82, 2.24) is 5.43 Å². The number of hydrogen-bond donors (Lipinski definition) is 1. The van der Waals surface area contributed by atoms with Crippen molar-refractivity contribution in [2.45, 2.75) is 6.92 Å². The van der Waals surface area contributed by atoms with E-state index in [2.05, 4.69) is 31.2 Å². The van der Waals surface area contributed by atoms with Crippen LogP contribution < -0.4 is 5.43 Å². The molecular weight excluding hydrogens is 295 g/mol. The van der Waals surface area contributed by atoms with Crippen molar-refractivity contribution in [2.24, 2.45) is 5.10 Å². The van der Waals surface area contributed by atoms with Gasteiger partial charge in [0, 0.05) is 10.0 Å². The van der Waals surface area contributed by atoms with Crippen LogP contribution in [0.25, 0.3) is 0 Å². The van der Waals surface area contributed by atoms with Gasteiger partial charge in [0.15, 0.2) is 5.17 Å². The number of ether oxygens (including phenoxy) is 1. The van der Waals surface area contributed by atoms with Crippen LogP contribution in [0.15, 0.2) is 33.8 Å². The lowest BCUT2D eigenvalue weighted by atomic mass is 10.2. The van der Waals surface area contributed by atoms with Crippen molar-refractivity contribution in [1.29, 1.82) is 0 Å². The van der Waals surface area contributed by atoms with Crippen LogP contribution in [0.1, 0.15) is 12.5 Å². The van der Waals surface area contributed by atoms with Crippen LogP contribution in [0.4, 0.5) is 4.79 Å². The largest absolute Gasteiger partial charge is 0.449 e. The SMILES string of the molecule is CCOC(=O)N/N=C(\Cl)c1ccc(Br)cc1. The molecule has 0 heterocycles. The Hall–Kier alpha value is -1.07. The number of nitrogens with zero attached hydrogens (tertiary/aromatic N) is 1. The quantitative estimate of drug-likeness (QED) is 0.689. The Bertz CT molecular complexity index is 392. The molecule has 0 aliphatic heterocycles. The Morgan fingerprint density at radius 2 is 2.12 bits per heavy atom. The molecule has 0 radical (unpaired) electrons. The summed E-state index contributed by atoms with van der Waals surface area (Å²) in [5, 5.41) is 3.88. The number of hydrogen-bond acceptors (Lipinski definition) is 3. The summed E-state index contributed by atoms with van der Waals surface area (Å²) in [5.74, 6) is 0. The zero-order valence-electron chi connectivity index (χ0n) is 8.54. The van der Waals surface area contributed by atoms with E-state index in [1.807, 2.05) is 12.1 Å². The van der Waals surface area contributed by atoms with Crippen LogP contribution >= 0.6 is 27.5 Å². The Balaban J connectivity index is 2.63. The fourth-order valence-electron chi connectivity index (χ4n) is 0.910. The molecule has 0 bridgehead atoms. The van der Waals surface area contributed by atoms with Crippen LogP contribution in [0, 0.1) is 0 Å². The van der Waals surface area contributed by atoms with Gasteiger partial charge in [-0.25, -0.2) is 10.2 Å². The predicted molar refractivity (Wildman–Crippen MR) is 66.7 cm³/mol. The molecule has 86 valence electrons. The molecule has 1 aromatic carbocycles. The number of hydrazone groups is 1. The van der Waals surface area contributed by atoms with Gasteiger partial charge >= 0.3 is 6.09 Å². The Kier molecular flexibility index (Phi) is 5.28. The first kappa shape index (κ1) is 13.0. The van der Waals surface area contributed by atoms with Crippen LogP contribution in [-0.4, -0.2) is 17.9 Å². The molecule has 1 rings (SSSR count). The normalized spacial score (nSPS) is 11.1. The zero-order valence-corrected chi connectivity index (χ0v) is 10.9. The summed E-state index contributed by atoms with van der Waals surface area (Å²) in [5.41, 5.74) is 2.89. The number of carbonyl (C=O) groups is 1. The predicted octanol–water partition coefficient (Wildman–Crippen LogP) is 3.10. The average Bonchev–Trinajstić information content (AvgIpc) is 2.27. The van der Waals surface area contributed by atoms with Crippen molar-refractivity contribution >= 4 is 38.8 Å². The molecule has 0 fully saturated rings. The van der Waals surface area contributed by atoms with Gasteiger partial charge in [0.05, 0.1) is 6.61 Å². The second-order valence-corrected chi connectivity index (χ2v) is 4.02. The van der Waals surface area contributed by atoms with Crippen molar-refractivity contribution in [3.8, 4) is 0 Å². The fraction of sp³-hybridized carbons (Fsp3) is 0.200. The molecule has 0 saturated carbocycles. The van der Waals surface area contributed by atoms with Crippen LogP contribution in [-0.2, 0) is 4.74 Å². The van der Waals surface area contributed by atoms with Gasteiger partial charge in [-0.2, -0.15) is 5.10 Å². The minimum atomic E-state index is -0.627. The fourth-order valence-corrected chi connectivity index (χ4v) is 1.34. The van der Waals surface area contributed by atoms with E-state index in [0.717, 1.165) is 4.47 Å². The number of benzene rings is 1. The number of halogens is 2. The second-order valence-electron chi connectivity index (χ2n) is 2.74. The topological polar surface area (TPSA) is 50.7 Å². The maximum atomic E-state index is 10.9. The number of carbonyl (C=O) groups excluding carboxylic acids is 1. The standard InChI is InChI=1S/C10H10BrClN2O2/c1-2-16-10(15)14-13-9(12)7-3-5-8(11)6-4-7/h3-6H,2H2,1H3,(H,14,15)/b13-9-. The third-order valence-corrected chi connectivity index (χ3v) is 2.43. The maximum absolute atomic E-state index is 10.9. The van der Waals surface area contributed by atoms with E-state index in [1.165, 1.54) is 0 Å². The summed E-state index contributed by atoms with van der Waals surface area (Å²) in [4.78, 5) is 10.9. The summed E-state index contributed by atoms with van der Waals surface area (Å²) in [6, 6.07) is 7.22. The average molecular weight is 306 g/mol. The van der Waals surface area contributed by atoms with Crippen molar-refractivity contribution in [3.05, 3.63) is 34.3 Å². The molecule has 0 saturated heterocycles. The minimum Gasteiger partial charge on any atom is -0.449 e. The molecule has 0 aromatic heterocycles. The molecule has 0 unspecified atom stereocenters. The van der Waals surface area contributed by atoms with Gasteiger partial charge in [0.1, 0.15) is 0 Å². The lowest BCUT2D eigenvalue weighted by Gasteiger charge is -2.01. The lowest BCUT2D eigenvalue weighted by molar-refractivity contribution is 0.152. The smallest absolute Gasteiger partial charge is 0.427 e. The Labute approximate surface area is 107 Å². The molecule has 0 spiro atoms. The third-order valence-electron chi connectivity index (χ3n) is 1.60. The third kappa shape index (κ3) is 4.20. The molecule has 0 atom stereocenters. The highest BCUT2D eigenvalue weighted by atomic mass is 79.9. The Morgan fingerprint density at radius 1 is 1.50 bits per heavy atom. The molecule has 1 aromatic rings. The van der Waals surface area contributed by atoms with Gasteiger partial charge in [-0.05, 0) is 19.1 Å². The summed E-state index contributed by atoms with van der Waals surface area (Å²) in [6.45, 7) is 2.00. The summed E-state index contributed by atoms with van der Waals surface area (Å²) < 4.78 is 5.57. The van der Waals surface area contributed by atoms with Gasteiger partial charge in [-0.15, -0.1) is 0 Å². The van der Waals surface area contributed by atoms with Gasteiger partial charge in [-0.3, -0.25) is 0 Å². The molecule has 16 heavy (non-hydrogen) atoms. The highest BCUT2D eigenvalue weighted by Crippen LogP contribution is 2.12. The van der Waals surface area contributed by atoms with Crippen molar-refractivity contribution in [2.75, 3.05) is 6.61 Å². The first-order valence-corrected chi connectivity index (χ1v) is 5.72.